The summed E-state index contributed by atoms with van der Waals surface area (Å²) in [6, 6.07) is 14.4. The van der Waals surface area contributed by atoms with Gasteiger partial charge in [-0.05, 0) is 36.9 Å². The van der Waals surface area contributed by atoms with E-state index in [0.29, 0.717) is 23.0 Å². The summed E-state index contributed by atoms with van der Waals surface area (Å²) in [5.41, 5.74) is 1.84. The maximum Gasteiger partial charge on any atom is 0.263 e. The fraction of sp³-hybridized carbons (Fsp3) is 0.143. The lowest BCUT2D eigenvalue weighted by molar-refractivity contribution is -0.118. The SMILES string of the molecule is Cc1cc(=O)[nH]c(-n2nc(-c3cccs3)cc2NC(=O)COc2ccccc2C)n1. The number of thiophene rings is 1. The molecule has 0 aliphatic heterocycles. The Morgan fingerprint density at radius 2 is 2.03 bits per heavy atom. The van der Waals surface area contributed by atoms with E-state index >= 15 is 0 Å². The van der Waals surface area contributed by atoms with Crippen molar-refractivity contribution in [2.45, 2.75) is 13.8 Å². The Bertz CT molecular complexity index is 1240. The first-order valence-corrected chi connectivity index (χ1v) is 10.1. The number of benzene rings is 1. The Balaban J connectivity index is 1.62. The van der Waals surface area contributed by atoms with Crippen LogP contribution < -0.4 is 15.6 Å². The zero-order valence-electron chi connectivity index (χ0n) is 16.4. The van der Waals surface area contributed by atoms with Crippen molar-refractivity contribution < 1.29 is 9.53 Å². The second-order valence-corrected chi connectivity index (χ2v) is 7.56. The van der Waals surface area contributed by atoms with Crippen molar-refractivity contribution in [3.05, 3.63) is 75.5 Å². The van der Waals surface area contributed by atoms with E-state index in [1.165, 1.54) is 22.1 Å². The summed E-state index contributed by atoms with van der Waals surface area (Å²) in [4.78, 5) is 32.4. The number of amides is 1. The quantitative estimate of drug-likeness (QED) is 0.497. The molecule has 0 radical (unpaired) electrons. The first-order valence-electron chi connectivity index (χ1n) is 9.20. The van der Waals surface area contributed by atoms with Gasteiger partial charge in [-0.15, -0.1) is 11.3 Å². The molecule has 1 amide bonds. The molecule has 0 saturated carbocycles. The number of aromatic nitrogens is 4. The van der Waals surface area contributed by atoms with Crippen LogP contribution in [-0.2, 0) is 4.79 Å². The van der Waals surface area contributed by atoms with Crippen molar-refractivity contribution in [3.63, 3.8) is 0 Å². The summed E-state index contributed by atoms with van der Waals surface area (Å²) in [6.45, 7) is 3.47. The molecule has 4 rings (SSSR count). The highest BCUT2D eigenvalue weighted by Gasteiger charge is 2.16. The lowest BCUT2D eigenvalue weighted by Gasteiger charge is -2.10. The average Bonchev–Trinajstić information content (AvgIpc) is 3.36. The predicted molar refractivity (Wildman–Crippen MR) is 115 cm³/mol. The molecular weight excluding hydrogens is 402 g/mol. The van der Waals surface area contributed by atoms with Crippen LogP contribution >= 0.6 is 11.3 Å². The van der Waals surface area contributed by atoms with E-state index in [-0.39, 0.29) is 24.0 Å². The molecule has 0 spiro atoms. The number of H-pyrrole nitrogens is 1. The molecule has 0 atom stereocenters. The Morgan fingerprint density at radius 1 is 1.20 bits per heavy atom. The Kier molecular flexibility index (Phi) is 5.44. The Morgan fingerprint density at radius 3 is 2.77 bits per heavy atom. The van der Waals surface area contributed by atoms with Gasteiger partial charge >= 0.3 is 0 Å². The van der Waals surface area contributed by atoms with Crippen LogP contribution in [0.3, 0.4) is 0 Å². The molecule has 9 heteroatoms. The lowest BCUT2D eigenvalue weighted by Crippen LogP contribution is -2.23. The van der Waals surface area contributed by atoms with Gasteiger partial charge in [0.2, 0.25) is 5.95 Å². The molecule has 3 heterocycles. The van der Waals surface area contributed by atoms with E-state index in [2.05, 4.69) is 20.4 Å². The number of hydrogen-bond donors (Lipinski definition) is 2. The van der Waals surface area contributed by atoms with E-state index in [1.54, 1.807) is 13.0 Å². The second kappa shape index (κ2) is 8.34. The number of carbonyl (C=O) groups is 1. The van der Waals surface area contributed by atoms with Gasteiger partial charge in [0.25, 0.3) is 11.5 Å². The number of nitrogens with zero attached hydrogens (tertiary/aromatic N) is 3. The van der Waals surface area contributed by atoms with Gasteiger partial charge in [0.05, 0.1) is 4.88 Å². The highest BCUT2D eigenvalue weighted by atomic mass is 32.1. The van der Waals surface area contributed by atoms with Crippen LogP contribution in [0, 0.1) is 13.8 Å². The van der Waals surface area contributed by atoms with E-state index in [1.807, 2.05) is 48.7 Å². The van der Waals surface area contributed by atoms with Crippen molar-refractivity contribution in [3.8, 4) is 22.3 Å². The number of aryl methyl sites for hydroxylation is 2. The third-order valence-corrected chi connectivity index (χ3v) is 5.15. The second-order valence-electron chi connectivity index (χ2n) is 6.62. The van der Waals surface area contributed by atoms with Crippen LogP contribution in [-0.4, -0.2) is 32.3 Å². The number of anilines is 1. The lowest BCUT2D eigenvalue weighted by atomic mass is 10.2. The topological polar surface area (TPSA) is 102 Å². The van der Waals surface area contributed by atoms with Gasteiger partial charge in [-0.2, -0.15) is 9.78 Å². The standard InChI is InChI=1S/C21H19N5O3S/c1-13-6-3-4-7-16(13)29-12-20(28)23-18-11-15(17-8-5-9-30-17)25-26(18)21-22-14(2)10-19(27)24-21/h3-11H,12H2,1-2H3,(H,23,28)(H,22,24,27). The van der Waals surface area contributed by atoms with Gasteiger partial charge in [-0.25, -0.2) is 4.98 Å². The molecule has 0 aliphatic carbocycles. The van der Waals surface area contributed by atoms with Gasteiger partial charge in [0.15, 0.2) is 6.61 Å². The van der Waals surface area contributed by atoms with Gasteiger partial charge in [-0.1, -0.05) is 24.3 Å². The largest absolute Gasteiger partial charge is 0.483 e. The molecule has 0 bridgehead atoms. The number of nitrogens with one attached hydrogen (secondary N) is 2. The maximum atomic E-state index is 12.5. The van der Waals surface area contributed by atoms with Crippen molar-refractivity contribution in [1.29, 1.82) is 0 Å². The van der Waals surface area contributed by atoms with Crippen LogP contribution in [0.5, 0.6) is 5.75 Å². The molecule has 0 unspecified atom stereocenters. The molecular formula is C21H19N5O3S. The van der Waals surface area contributed by atoms with Crippen LogP contribution in [0.1, 0.15) is 11.3 Å². The minimum absolute atomic E-state index is 0.165. The minimum Gasteiger partial charge on any atom is -0.483 e. The van der Waals surface area contributed by atoms with Crippen LogP contribution in [0.4, 0.5) is 5.82 Å². The zero-order valence-corrected chi connectivity index (χ0v) is 17.2. The fourth-order valence-electron chi connectivity index (χ4n) is 2.88. The number of aromatic amines is 1. The minimum atomic E-state index is -0.355. The Labute approximate surface area is 176 Å². The van der Waals surface area contributed by atoms with Gasteiger partial charge in [0, 0.05) is 17.8 Å². The molecule has 4 aromatic rings. The average molecular weight is 421 g/mol. The summed E-state index contributed by atoms with van der Waals surface area (Å²) in [5, 5.41) is 9.27. The summed E-state index contributed by atoms with van der Waals surface area (Å²) in [6.07, 6.45) is 0. The van der Waals surface area contributed by atoms with E-state index in [9.17, 15) is 9.59 Å². The zero-order chi connectivity index (χ0) is 21.1. The molecule has 0 aliphatic rings. The molecule has 8 nitrogen and oxygen atoms in total. The number of rotatable bonds is 6. The molecule has 1 aromatic carbocycles. The van der Waals surface area contributed by atoms with Crippen molar-refractivity contribution >= 4 is 23.1 Å². The highest BCUT2D eigenvalue weighted by molar-refractivity contribution is 7.13. The summed E-state index contributed by atoms with van der Waals surface area (Å²) < 4.78 is 7.03. The van der Waals surface area contributed by atoms with Crippen LogP contribution in [0.15, 0.2) is 58.7 Å². The molecule has 3 aromatic heterocycles. The first kappa shape index (κ1) is 19.6. The first-order chi connectivity index (χ1) is 14.5. The smallest absolute Gasteiger partial charge is 0.263 e. The number of para-hydroxylation sites is 1. The number of ether oxygens (including phenoxy) is 1. The predicted octanol–water partition coefficient (Wildman–Crippen LogP) is 3.32. The number of hydrogen-bond acceptors (Lipinski definition) is 6. The number of carbonyl (C=O) groups excluding carboxylic acids is 1. The maximum absolute atomic E-state index is 12.5. The van der Waals surface area contributed by atoms with Crippen molar-refractivity contribution in [2.75, 3.05) is 11.9 Å². The van der Waals surface area contributed by atoms with Crippen LogP contribution in [0.2, 0.25) is 0 Å². The third kappa shape index (κ3) is 4.31. The van der Waals surface area contributed by atoms with E-state index in [4.69, 9.17) is 4.74 Å². The normalized spacial score (nSPS) is 10.7. The van der Waals surface area contributed by atoms with Gasteiger partial charge in [0.1, 0.15) is 17.3 Å². The van der Waals surface area contributed by atoms with Gasteiger partial charge in [-0.3, -0.25) is 14.6 Å². The van der Waals surface area contributed by atoms with Crippen molar-refractivity contribution in [1.82, 2.24) is 19.7 Å². The third-order valence-electron chi connectivity index (χ3n) is 4.26. The van der Waals surface area contributed by atoms with E-state index in [0.717, 1.165) is 10.4 Å². The molecule has 30 heavy (non-hydrogen) atoms. The summed E-state index contributed by atoms with van der Waals surface area (Å²) >= 11 is 1.52. The summed E-state index contributed by atoms with van der Waals surface area (Å²) in [7, 11) is 0. The molecule has 152 valence electrons. The monoisotopic (exact) mass is 421 g/mol. The van der Waals surface area contributed by atoms with Crippen LogP contribution in [0.25, 0.3) is 16.5 Å². The molecule has 0 fully saturated rings. The fourth-order valence-corrected chi connectivity index (χ4v) is 3.56. The van der Waals surface area contributed by atoms with Gasteiger partial charge < -0.3 is 10.1 Å². The highest BCUT2D eigenvalue weighted by Crippen LogP contribution is 2.27. The molecule has 0 saturated heterocycles. The van der Waals surface area contributed by atoms with Crippen molar-refractivity contribution in [2.24, 2.45) is 0 Å². The Hall–Kier alpha value is -3.72. The molecule has 2 N–H and O–H groups in total. The van der Waals surface area contributed by atoms with E-state index < -0.39 is 0 Å². The summed E-state index contributed by atoms with van der Waals surface area (Å²) in [5.74, 6) is 0.890.